The topological polar surface area (TPSA) is 78.0 Å². The number of carbonyl (C=O) groups is 2. The molecule has 2 aliphatic carbocycles. The van der Waals surface area contributed by atoms with Gasteiger partial charge in [0.25, 0.3) is 0 Å². The average Bonchev–Trinajstić information content (AvgIpc) is 3.52. The Hall–Kier alpha value is -2.55. The number of imide groups is 1. The van der Waals surface area contributed by atoms with Crippen molar-refractivity contribution in [3.63, 3.8) is 0 Å². The molecule has 0 spiro atoms. The lowest BCUT2D eigenvalue weighted by atomic mass is 9.85. The Labute approximate surface area is 193 Å². The molecule has 2 saturated heterocycles. The number of allylic oxidation sites excluding steroid dienone is 2. The predicted octanol–water partition coefficient (Wildman–Crippen LogP) is 1.95. The van der Waals surface area contributed by atoms with Gasteiger partial charge in [0, 0.05) is 39.3 Å². The minimum Gasteiger partial charge on any atom is -0.299 e. The van der Waals surface area contributed by atoms with Crippen molar-refractivity contribution in [3.05, 3.63) is 54.6 Å². The van der Waals surface area contributed by atoms with E-state index in [1.807, 2.05) is 30.3 Å². The molecule has 2 amide bonds. The average molecular weight is 466 g/mol. The van der Waals surface area contributed by atoms with E-state index in [0.29, 0.717) is 44.2 Å². The van der Waals surface area contributed by atoms with E-state index in [2.05, 4.69) is 17.1 Å². The molecular weight excluding hydrogens is 438 g/mol. The van der Waals surface area contributed by atoms with Crippen LogP contribution in [0.5, 0.6) is 0 Å². The molecule has 0 N–H and O–H groups in total. The Morgan fingerprint density at radius 3 is 2.09 bits per heavy atom. The van der Waals surface area contributed by atoms with Gasteiger partial charge in [0.05, 0.1) is 16.7 Å². The summed E-state index contributed by atoms with van der Waals surface area (Å²) in [5.41, 5.74) is 0. The number of rotatable bonds is 5. The molecule has 2 heterocycles. The number of likely N-dealkylation sites (tertiary alicyclic amines) is 1. The molecule has 6 rings (SSSR count). The Morgan fingerprint density at radius 1 is 0.788 bits per heavy atom. The zero-order valence-electron chi connectivity index (χ0n) is 18.3. The monoisotopic (exact) mass is 465 g/mol. The molecule has 33 heavy (non-hydrogen) atoms. The molecule has 7 nitrogen and oxygen atoms in total. The fraction of sp³-hybridized carbons (Fsp3) is 0.440. The molecule has 2 bridgehead atoms. The van der Waals surface area contributed by atoms with Gasteiger partial charge < -0.3 is 0 Å². The molecule has 0 aromatic heterocycles. The Kier molecular flexibility index (Phi) is 4.94. The predicted molar refractivity (Wildman–Crippen MR) is 124 cm³/mol. The molecule has 2 aromatic rings. The molecular formula is C25H27N3O4S. The fourth-order valence-electron chi connectivity index (χ4n) is 6.10. The van der Waals surface area contributed by atoms with Crippen molar-refractivity contribution >= 4 is 32.6 Å². The van der Waals surface area contributed by atoms with E-state index in [0.717, 1.165) is 17.2 Å². The number of hydrogen-bond donors (Lipinski definition) is 0. The number of piperazine rings is 1. The van der Waals surface area contributed by atoms with Crippen LogP contribution in [0.15, 0.2) is 59.5 Å². The number of benzene rings is 2. The number of carbonyl (C=O) groups excluding carboxylic acids is 2. The zero-order valence-corrected chi connectivity index (χ0v) is 19.2. The van der Waals surface area contributed by atoms with E-state index in [9.17, 15) is 18.0 Å². The normalized spacial score (nSPS) is 30.0. The fourth-order valence-corrected chi connectivity index (χ4v) is 7.55. The van der Waals surface area contributed by atoms with Gasteiger partial charge in [-0.1, -0.05) is 42.5 Å². The molecule has 8 heteroatoms. The van der Waals surface area contributed by atoms with Crippen molar-refractivity contribution < 1.29 is 18.0 Å². The van der Waals surface area contributed by atoms with E-state index in [1.54, 1.807) is 12.1 Å². The van der Waals surface area contributed by atoms with E-state index in [1.165, 1.54) is 9.21 Å². The van der Waals surface area contributed by atoms with Crippen LogP contribution in [0.4, 0.5) is 0 Å². The van der Waals surface area contributed by atoms with Gasteiger partial charge in [-0.05, 0) is 41.2 Å². The van der Waals surface area contributed by atoms with Crippen LogP contribution >= 0.6 is 0 Å². The summed E-state index contributed by atoms with van der Waals surface area (Å²) < 4.78 is 27.9. The maximum Gasteiger partial charge on any atom is 0.243 e. The van der Waals surface area contributed by atoms with Crippen molar-refractivity contribution in [1.29, 1.82) is 0 Å². The number of amides is 2. The molecule has 3 fully saturated rings. The first-order chi connectivity index (χ1) is 15.9. The van der Waals surface area contributed by atoms with Crippen molar-refractivity contribution in [2.75, 3.05) is 39.3 Å². The summed E-state index contributed by atoms with van der Waals surface area (Å²) >= 11 is 0. The summed E-state index contributed by atoms with van der Waals surface area (Å²) in [5, 5.41) is 1.92. The first kappa shape index (κ1) is 21.0. The Morgan fingerprint density at radius 2 is 1.42 bits per heavy atom. The lowest BCUT2D eigenvalue weighted by Gasteiger charge is -2.34. The van der Waals surface area contributed by atoms with Crippen molar-refractivity contribution in [2.24, 2.45) is 23.7 Å². The first-order valence-electron chi connectivity index (χ1n) is 11.7. The van der Waals surface area contributed by atoms with Gasteiger partial charge >= 0.3 is 0 Å². The van der Waals surface area contributed by atoms with Gasteiger partial charge in [0.15, 0.2) is 0 Å². The zero-order chi connectivity index (χ0) is 22.7. The highest BCUT2D eigenvalue weighted by Gasteiger charge is 2.59. The first-order valence-corrected chi connectivity index (χ1v) is 13.1. The van der Waals surface area contributed by atoms with Crippen LogP contribution in [0, 0.1) is 23.7 Å². The molecule has 4 aliphatic rings. The number of hydrogen-bond acceptors (Lipinski definition) is 5. The molecule has 4 atom stereocenters. The van der Waals surface area contributed by atoms with Gasteiger partial charge in [-0.25, -0.2) is 8.42 Å². The highest BCUT2D eigenvalue weighted by Crippen LogP contribution is 2.52. The highest BCUT2D eigenvalue weighted by molar-refractivity contribution is 7.89. The third-order valence-corrected chi connectivity index (χ3v) is 9.79. The maximum atomic E-state index is 13.2. The van der Waals surface area contributed by atoms with Crippen LogP contribution in [0.25, 0.3) is 10.8 Å². The largest absolute Gasteiger partial charge is 0.299 e. The summed E-state index contributed by atoms with van der Waals surface area (Å²) in [7, 11) is -3.56. The van der Waals surface area contributed by atoms with Gasteiger partial charge in [-0.3, -0.25) is 19.4 Å². The van der Waals surface area contributed by atoms with Gasteiger partial charge in [-0.15, -0.1) is 0 Å². The third-order valence-electron chi connectivity index (χ3n) is 7.89. The number of fused-ring (bicyclic) bond motifs is 6. The van der Waals surface area contributed by atoms with Crippen molar-refractivity contribution in [1.82, 2.24) is 14.1 Å². The highest BCUT2D eigenvalue weighted by atomic mass is 32.2. The molecule has 0 unspecified atom stereocenters. The maximum absolute atomic E-state index is 13.2. The van der Waals surface area contributed by atoms with Crippen LogP contribution < -0.4 is 0 Å². The van der Waals surface area contributed by atoms with E-state index < -0.39 is 10.0 Å². The summed E-state index contributed by atoms with van der Waals surface area (Å²) in [4.78, 5) is 29.6. The SMILES string of the molecule is O=C1[C@@H]2[C@H](C(=O)N1CCN1CCN(S(=O)(=O)c3ccc4ccccc4c3)CC1)[C@H]1C=C[C@@H]2C1. The number of sulfonamides is 1. The lowest BCUT2D eigenvalue weighted by molar-refractivity contribution is -0.140. The molecule has 2 aromatic carbocycles. The van der Waals surface area contributed by atoms with E-state index in [4.69, 9.17) is 0 Å². The van der Waals surface area contributed by atoms with Gasteiger partial charge in [0.1, 0.15) is 0 Å². The van der Waals surface area contributed by atoms with Crippen LogP contribution in [0.1, 0.15) is 6.42 Å². The molecule has 0 radical (unpaired) electrons. The van der Waals surface area contributed by atoms with E-state index >= 15 is 0 Å². The van der Waals surface area contributed by atoms with Gasteiger partial charge in [0.2, 0.25) is 21.8 Å². The second kappa shape index (κ2) is 7.75. The van der Waals surface area contributed by atoms with Gasteiger partial charge in [-0.2, -0.15) is 4.31 Å². The quantitative estimate of drug-likeness (QED) is 0.498. The van der Waals surface area contributed by atoms with Crippen molar-refractivity contribution in [3.8, 4) is 0 Å². The third kappa shape index (κ3) is 3.34. The van der Waals surface area contributed by atoms with Crippen LogP contribution in [-0.2, 0) is 19.6 Å². The van der Waals surface area contributed by atoms with Crippen LogP contribution in [0.2, 0.25) is 0 Å². The number of nitrogens with zero attached hydrogens (tertiary/aromatic N) is 3. The second-order valence-corrected chi connectivity index (χ2v) is 11.5. The van der Waals surface area contributed by atoms with Crippen LogP contribution in [0.3, 0.4) is 0 Å². The smallest absolute Gasteiger partial charge is 0.243 e. The van der Waals surface area contributed by atoms with Crippen molar-refractivity contribution in [2.45, 2.75) is 11.3 Å². The minimum atomic E-state index is -3.56. The summed E-state index contributed by atoms with van der Waals surface area (Å²) in [6.07, 6.45) is 5.15. The Bertz CT molecular complexity index is 1240. The Balaban J connectivity index is 1.07. The summed E-state index contributed by atoms with van der Waals surface area (Å²) in [6, 6.07) is 13.0. The summed E-state index contributed by atoms with van der Waals surface area (Å²) in [5.74, 6) is 0.113. The molecule has 172 valence electrons. The molecule has 1 saturated carbocycles. The lowest BCUT2D eigenvalue weighted by Crippen LogP contribution is -2.50. The minimum absolute atomic E-state index is 0.0145. The second-order valence-electron chi connectivity index (χ2n) is 9.58. The van der Waals surface area contributed by atoms with Crippen LogP contribution in [-0.4, -0.2) is 73.6 Å². The van der Waals surface area contributed by atoms with E-state index in [-0.39, 0.29) is 35.5 Å². The summed E-state index contributed by atoms with van der Waals surface area (Å²) in [6.45, 7) is 2.95. The standard InChI is InChI=1S/C25H27N3O4S/c29-24-22-19-5-6-20(15-19)23(22)25(30)28(24)14-11-26-9-12-27(13-10-26)33(31,32)21-8-7-17-3-1-2-4-18(17)16-21/h1-8,16,19-20,22-23H,9-15H2/t19-,20+,22+,23-. The molecule has 2 aliphatic heterocycles.